The van der Waals surface area contributed by atoms with Gasteiger partial charge in [0, 0.05) is 12.7 Å². The summed E-state index contributed by atoms with van der Waals surface area (Å²) in [6.07, 6.45) is 4.66. The number of nitrogens with zero attached hydrogens (tertiary/aromatic N) is 1. The summed E-state index contributed by atoms with van der Waals surface area (Å²) < 4.78 is 84.7. The lowest BCUT2D eigenvalue weighted by Gasteiger charge is -2.13. The van der Waals surface area contributed by atoms with Crippen molar-refractivity contribution in [2.75, 3.05) is 16.6 Å². The van der Waals surface area contributed by atoms with E-state index in [-0.39, 0.29) is 21.6 Å². The summed E-state index contributed by atoms with van der Waals surface area (Å²) in [5.41, 5.74) is -1.45. The monoisotopic (exact) mass is 552 g/mol. The standard InChI is InChI=1S/C24H17ClF4N4O3S/c25-14-10-32-24-19(22(14)30-8-11-1-2-11)13(9-31-24)23(34)20-16(28)5-6-17(21(20)29)33-37(35,36)18-7-12(26)3-4-15(18)27/h3-7,9-11,33H,1-2,8H2,(H2,30,31,32). The topological polar surface area (TPSA) is 104 Å². The third-order valence-corrected chi connectivity index (χ3v) is 7.58. The Hall–Kier alpha value is -3.64. The first-order valence-corrected chi connectivity index (χ1v) is 12.8. The third kappa shape index (κ3) is 4.74. The molecule has 0 aliphatic heterocycles. The fourth-order valence-electron chi connectivity index (χ4n) is 3.85. The van der Waals surface area contributed by atoms with Gasteiger partial charge < -0.3 is 10.3 Å². The Bertz CT molecular complexity index is 1670. The van der Waals surface area contributed by atoms with Crippen molar-refractivity contribution < 1.29 is 30.8 Å². The van der Waals surface area contributed by atoms with Gasteiger partial charge in [-0.3, -0.25) is 9.52 Å². The van der Waals surface area contributed by atoms with Gasteiger partial charge in [0.1, 0.15) is 28.0 Å². The Kier molecular flexibility index (Phi) is 6.32. The highest BCUT2D eigenvalue weighted by atomic mass is 35.5. The Balaban J connectivity index is 1.56. The number of sulfonamides is 1. The molecule has 2 heterocycles. The Morgan fingerprint density at radius 2 is 1.84 bits per heavy atom. The number of anilines is 2. The summed E-state index contributed by atoms with van der Waals surface area (Å²) in [5.74, 6) is -5.81. The zero-order valence-electron chi connectivity index (χ0n) is 18.7. The number of benzene rings is 2. The number of aromatic nitrogens is 2. The van der Waals surface area contributed by atoms with Crippen LogP contribution in [0.2, 0.25) is 5.02 Å². The van der Waals surface area contributed by atoms with E-state index in [1.807, 2.05) is 0 Å². The van der Waals surface area contributed by atoms with E-state index in [0.717, 1.165) is 18.9 Å². The number of rotatable bonds is 8. The first-order chi connectivity index (χ1) is 17.6. The zero-order chi connectivity index (χ0) is 26.5. The second kappa shape index (κ2) is 9.34. The van der Waals surface area contributed by atoms with Gasteiger partial charge in [-0.05, 0) is 49.1 Å². The van der Waals surface area contributed by atoms with Gasteiger partial charge in [-0.1, -0.05) is 11.6 Å². The molecule has 0 atom stereocenters. The first-order valence-electron chi connectivity index (χ1n) is 11.0. The lowest BCUT2D eigenvalue weighted by atomic mass is 10.0. The van der Waals surface area contributed by atoms with Gasteiger partial charge in [0.25, 0.3) is 10.0 Å². The maximum Gasteiger partial charge on any atom is 0.265 e. The van der Waals surface area contributed by atoms with Crippen LogP contribution in [0.25, 0.3) is 11.0 Å². The molecule has 3 N–H and O–H groups in total. The van der Waals surface area contributed by atoms with E-state index < -0.39 is 55.2 Å². The molecule has 2 aromatic heterocycles. The van der Waals surface area contributed by atoms with Crippen LogP contribution in [0.15, 0.2) is 47.6 Å². The molecule has 13 heteroatoms. The molecule has 1 fully saturated rings. The molecule has 5 rings (SSSR count). The van der Waals surface area contributed by atoms with Crippen LogP contribution in [0.1, 0.15) is 28.8 Å². The number of carbonyl (C=O) groups excluding carboxylic acids is 1. The molecule has 4 aromatic rings. The quantitative estimate of drug-likeness (QED) is 0.194. The number of fused-ring (bicyclic) bond motifs is 1. The number of nitrogens with one attached hydrogen (secondary N) is 3. The molecule has 1 saturated carbocycles. The average Bonchev–Trinajstić information content (AvgIpc) is 3.58. The van der Waals surface area contributed by atoms with E-state index >= 15 is 4.39 Å². The van der Waals surface area contributed by atoms with Gasteiger partial charge in [-0.2, -0.15) is 0 Å². The number of hydrogen-bond acceptors (Lipinski definition) is 5. The van der Waals surface area contributed by atoms with Crippen molar-refractivity contribution in [3.8, 4) is 0 Å². The van der Waals surface area contributed by atoms with Gasteiger partial charge in [0.05, 0.1) is 39.1 Å². The van der Waals surface area contributed by atoms with E-state index in [1.54, 1.807) is 4.72 Å². The molecule has 1 aliphatic carbocycles. The fourth-order valence-corrected chi connectivity index (χ4v) is 5.21. The lowest BCUT2D eigenvalue weighted by Crippen LogP contribution is -2.18. The number of H-pyrrole nitrogens is 1. The summed E-state index contributed by atoms with van der Waals surface area (Å²) in [6.45, 7) is 0.578. The number of aromatic amines is 1. The number of pyridine rings is 1. The molecule has 2 aromatic carbocycles. The fraction of sp³-hybridized carbons (Fsp3) is 0.167. The molecule has 0 saturated heterocycles. The number of carbonyl (C=O) groups is 1. The minimum Gasteiger partial charge on any atom is -0.383 e. The van der Waals surface area contributed by atoms with E-state index in [0.29, 0.717) is 42.4 Å². The summed E-state index contributed by atoms with van der Waals surface area (Å²) in [4.78, 5) is 19.2. The SMILES string of the molecule is O=C(c1c(F)ccc(NS(=O)(=O)c2cc(F)ccc2F)c1F)c1c[nH]c2ncc(Cl)c(NCC3CC3)c12. The number of ketones is 1. The van der Waals surface area contributed by atoms with Crippen LogP contribution in [-0.2, 0) is 10.0 Å². The van der Waals surface area contributed by atoms with Crippen LogP contribution in [0, 0.1) is 29.2 Å². The van der Waals surface area contributed by atoms with E-state index in [4.69, 9.17) is 11.6 Å². The second-order valence-corrected chi connectivity index (χ2v) is 10.6. The van der Waals surface area contributed by atoms with E-state index in [2.05, 4.69) is 15.3 Å². The van der Waals surface area contributed by atoms with Gasteiger partial charge in [0.2, 0.25) is 5.78 Å². The molecular weight excluding hydrogens is 536 g/mol. The first kappa shape index (κ1) is 25.0. The van der Waals surface area contributed by atoms with Gasteiger partial charge in [-0.25, -0.2) is 31.0 Å². The Morgan fingerprint density at radius 3 is 2.57 bits per heavy atom. The molecule has 192 valence electrons. The van der Waals surface area contributed by atoms with Crippen LogP contribution in [0.3, 0.4) is 0 Å². The molecule has 0 amide bonds. The van der Waals surface area contributed by atoms with Gasteiger partial charge >= 0.3 is 0 Å². The predicted molar refractivity (Wildman–Crippen MR) is 129 cm³/mol. The molecule has 37 heavy (non-hydrogen) atoms. The largest absolute Gasteiger partial charge is 0.383 e. The maximum absolute atomic E-state index is 15.4. The number of hydrogen-bond donors (Lipinski definition) is 3. The molecule has 0 radical (unpaired) electrons. The summed E-state index contributed by atoms with van der Waals surface area (Å²) in [7, 11) is -4.84. The van der Waals surface area contributed by atoms with Crippen LogP contribution in [-0.4, -0.2) is 30.7 Å². The molecular formula is C24H17ClF4N4O3S. The van der Waals surface area contributed by atoms with Crippen molar-refractivity contribution in [1.82, 2.24) is 9.97 Å². The van der Waals surface area contributed by atoms with Crippen molar-refractivity contribution in [2.24, 2.45) is 5.92 Å². The summed E-state index contributed by atoms with van der Waals surface area (Å²) in [6, 6.07) is 3.11. The normalized spacial score (nSPS) is 13.6. The summed E-state index contributed by atoms with van der Waals surface area (Å²) >= 11 is 6.30. The second-order valence-electron chi connectivity index (χ2n) is 8.52. The van der Waals surface area contributed by atoms with Crippen molar-refractivity contribution >= 4 is 49.8 Å². The van der Waals surface area contributed by atoms with Crippen LogP contribution >= 0.6 is 11.6 Å². The van der Waals surface area contributed by atoms with Crippen molar-refractivity contribution in [1.29, 1.82) is 0 Å². The summed E-state index contributed by atoms with van der Waals surface area (Å²) in [5, 5.41) is 3.57. The predicted octanol–water partition coefficient (Wildman–Crippen LogP) is 5.63. The molecule has 0 bridgehead atoms. The minimum atomic E-state index is -4.84. The van der Waals surface area contributed by atoms with Crippen LogP contribution < -0.4 is 10.0 Å². The van der Waals surface area contributed by atoms with Crippen molar-refractivity contribution in [3.05, 3.63) is 82.1 Å². The van der Waals surface area contributed by atoms with Crippen LogP contribution in [0.4, 0.5) is 28.9 Å². The lowest BCUT2D eigenvalue weighted by molar-refractivity contribution is 0.103. The highest BCUT2D eigenvalue weighted by molar-refractivity contribution is 7.92. The minimum absolute atomic E-state index is 0.155. The Morgan fingerprint density at radius 1 is 1.11 bits per heavy atom. The maximum atomic E-state index is 15.4. The molecule has 0 spiro atoms. The van der Waals surface area contributed by atoms with E-state index in [1.165, 1.54) is 12.4 Å². The molecule has 0 unspecified atom stereocenters. The molecule has 1 aliphatic rings. The van der Waals surface area contributed by atoms with Gasteiger partial charge in [-0.15, -0.1) is 0 Å². The number of halogens is 5. The van der Waals surface area contributed by atoms with Gasteiger partial charge in [0.15, 0.2) is 5.82 Å². The van der Waals surface area contributed by atoms with Crippen molar-refractivity contribution in [3.63, 3.8) is 0 Å². The Labute approximate surface area is 212 Å². The average molecular weight is 553 g/mol. The molecule has 7 nitrogen and oxygen atoms in total. The highest BCUT2D eigenvalue weighted by Gasteiger charge is 2.29. The highest BCUT2D eigenvalue weighted by Crippen LogP contribution is 2.36. The third-order valence-electron chi connectivity index (χ3n) is 5.91. The smallest absolute Gasteiger partial charge is 0.265 e. The van der Waals surface area contributed by atoms with E-state index in [9.17, 15) is 26.4 Å². The van der Waals surface area contributed by atoms with Crippen molar-refractivity contribution in [2.45, 2.75) is 17.7 Å². The zero-order valence-corrected chi connectivity index (χ0v) is 20.3. The van der Waals surface area contributed by atoms with Crippen LogP contribution in [0.5, 0.6) is 0 Å².